The molecule has 0 saturated carbocycles. The zero-order valence-corrected chi connectivity index (χ0v) is 19.9. The number of hydrogen-bond donors (Lipinski definition) is 1. The van der Waals surface area contributed by atoms with Gasteiger partial charge >= 0.3 is 5.97 Å². The van der Waals surface area contributed by atoms with E-state index in [0.717, 1.165) is 0 Å². The van der Waals surface area contributed by atoms with Gasteiger partial charge in [-0.2, -0.15) is 0 Å². The van der Waals surface area contributed by atoms with E-state index in [4.69, 9.17) is 39.5 Å². The lowest BCUT2D eigenvalue weighted by Gasteiger charge is -2.16. The molecule has 34 heavy (non-hydrogen) atoms. The fourth-order valence-corrected chi connectivity index (χ4v) is 3.84. The van der Waals surface area contributed by atoms with Gasteiger partial charge in [-0.05, 0) is 55.5 Å². The van der Waals surface area contributed by atoms with Gasteiger partial charge in [0.25, 0.3) is 5.91 Å². The van der Waals surface area contributed by atoms with Crippen molar-refractivity contribution in [2.45, 2.75) is 13.0 Å². The number of aromatic nitrogens is 1. The summed E-state index contributed by atoms with van der Waals surface area (Å²) in [7, 11) is 0. The van der Waals surface area contributed by atoms with Crippen molar-refractivity contribution >= 4 is 63.3 Å². The number of hydrogen-bond acceptors (Lipinski definition) is 4. The first-order valence-electron chi connectivity index (χ1n) is 10.0. The van der Waals surface area contributed by atoms with E-state index in [9.17, 15) is 14.0 Å². The number of carbonyl (C=O) groups excluding carboxylic acids is 2. The van der Waals surface area contributed by atoms with Crippen LogP contribution in [0.2, 0.25) is 15.1 Å². The summed E-state index contributed by atoms with van der Waals surface area (Å²) in [6.07, 6.45) is -1.15. The Bertz CT molecular complexity index is 1410. The molecule has 0 spiro atoms. The van der Waals surface area contributed by atoms with Crippen LogP contribution in [-0.4, -0.2) is 23.0 Å². The average Bonchev–Trinajstić information content (AvgIpc) is 2.82. The fraction of sp³-hybridized carbons (Fsp3) is 0.0800. The lowest BCUT2D eigenvalue weighted by Crippen LogP contribution is -2.30. The zero-order chi connectivity index (χ0) is 24.4. The van der Waals surface area contributed by atoms with Crippen LogP contribution in [0.25, 0.3) is 22.2 Å². The number of amides is 1. The summed E-state index contributed by atoms with van der Waals surface area (Å²) < 4.78 is 18.8. The quantitative estimate of drug-likeness (QED) is 0.225. The number of rotatable bonds is 5. The molecule has 4 aromatic rings. The van der Waals surface area contributed by atoms with Crippen molar-refractivity contribution in [3.8, 4) is 11.3 Å². The summed E-state index contributed by atoms with van der Waals surface area (Å²) in [6, 6.07) is 17.2. The van der Waals surface area contributed by atoms with E-state index in [-0.39, 0.29) is 32.1 Å². The molecule has 0 saturated heterocycles. The van der Waals surface area contributed by atoms with E-state index in [2.05, 4.69) is 10.3 Å². The van der Waals surface area contributed by atoms with E-state index >= 15 is 0 Å². The molecule has 0 fully saturated rings. The third-order valence-corrected chi connectivity index (χ3v) is 6.03. The predicted octanol–water partition coefficient (Wildman–Crippen LogP) is 7.19. The molecule has 9 heteroatoms. The van der Waals surface area contributed by atoms with E-state index < -0.39 is 18.0 Å². The molecular formula is C25H16Cl3FN2O3. The van der Waals surface area contributed by atoms with Crippen molar-refractivity contribution in [2.24, 2.45) is 0 Å². The molecule has 5 nitrogen and oxygen atoms in total. The molecule has 0 aliphatic heterocycles. The molecule has 1 heterocycles. The summed E-state index contributed by atoms with van der Waals surface area (Å²) in [6.45, 7) is 1.43. The highest BCUT2D eigenvalue weighted by Crippen LogP contribution is 2.32. The van der Waals surface area contributed by atoms with Gasteiger partial charge in [0, 0.05) is 10.9 Å². The van der Waals surface area contributed by atoms with Crippen molar-refractivity contribution < 1.29 is 18.7 Å². The van der Waals surface area contributed by atoms with Crippen LogP contribution in [0, 0.1) is 5.82 Å². The van der Waals surface area contributed by atoms with Gasteiger partial charge < -0.3 is 10.1 Å². The molecule has 4 rings (SSSR count). The molecule has 1 atom stereocenters. The lowest BCUT2D eigenvalue weighted by atomic mass is 10.0. The predicted molar refractivity (Wildman–Crippen MR) is 132 cm³/mol. The van der Waals surface area contributed by atoms with Crippen LogP contribution in [0.3, 0.4) is 0 Å². The number of fused-ring (bicyclic) bond motifs is 1. The summed E-state index contributed by atoms with van der Waals surface area (Å²) >= 11 is 18.0. The Kier molecular flexibility index (Phi) is 7.03. The second-order valence-electron chi connectivity index (χ2n) is 7.36. The van der Waals surface area contributed by atoms with E-state index in [1.165, 1.54) is 31.2 Å². The third kappa shape index (κ3) is 5.14. The van der Waals surface area contributed by atoms with Crippen molar-refractivity contribution in [3.63, 3.8) is 0 Å². The second kappa shape index (κ2) is 9.97. The molecule has 1 N–H and O–H groups in total. The Balaban J connectivity index is 1.60. The Morgan fingerprint density at radius 2 is 1.62 bits per heavy atom. The number of carbonyl (C=O) groups is 2. The maximum Gasteiger partial charge on any atom is 0.339 e. The van der Waals surface area contributed by atoms with Gasteiger partial charge in [0.1, 0.15) is 5.82 Å². The van der Waals surface area contributed by atoms with Crippen molar-refractivity contribution in [1.82, 2.24) is 4.98 Å². The molecule has 172 valence electrons. The highest BCUT2D eigenvalue weighted by Gasteiger charge is 2.22. The first-order chi connectivity index (χ1) is 16.2. The number of pyridine rings is 1. The fourth-order valence-electron chi connectivity index (χ4n) is 3.24. The standard InChI is InChI=1S/C25H16Cl3FN2O3/c1-13(24(32)31-23-12-19(27)18(26)11-20(23)28)34-25(33)17-10-22(14-6-8-15(29)9-7-14)30-21-5-3-2-4-16(17)21/h2-13H,1H3,(H,31,32). The molecule has 0 radical (unpaired) electrons. The topological polar surface area (TPSA) is 68.3 Å². The summed E-state index contributed by atoms with van der Waals surface area (Å²) in [5, 5.41) is 3.77. The summed E-state index contributed by atoms with van der Waals surface area (Å²) in [5.74, 6) is -1.71. The van der Waals surface area contributed by atoms with Gasteiger partial charge in [0.15, 0.2) is 6.10 Å². The third-order valence-electron chi connectivity index (χ3n) is 5.00. The minimum atomic E-state index is -1.15. The molecule has 1 unspecified atom stereocenters. The van der Waals surface area contributed by atoms with Crippen LogP contribution < -0.4 is 5.32 Å². The monoisotopic (exact) mass is 516 g/mol. The Morgan fingerprint density at radius 1 is 0.941 bits per heavy atom. The van der Waals surface area contributed by atoms with Crippen molar-refractivity contribution in [3.05, 3.63) is 93.2 Å². The van der Waals surface area contributed by atoms with Crippen LogP contribution >= 0.6 is 34.8 Å². The molecular weight excluding hydrogens is 502 g/mol. The van der Waals surface area contributed by atoms with Crippen LogP contribution in [0.5, 0.6) is 0 Å². The van der Waals surface area contributed by atoms with Crippen LogP contribution in [0.4, 0.5) is 10.1 Å². The van der Waals surface area contributed by atoms with Crippen molar-refractivity contribution in [1.29, 1.82) is 0 Å². The second-order valence-corrected chi connectivity index (χ2v) is 8.58. The van der Waals surface area contributed by atoms with Gasteiger partial charge in [0.05, 0.1) is 37.5 Å². The normalized spacial score (nSPS) is 11.8. The Labute approximate surface area is 209 Å². The first kappa shape index (κ1) is 24.0. The largest absolute Gasteiger partial charge is 0.449 e. The number of nitrogens with one attached hydrogen (secondary N) is 1. The summed E-state index contributed by atoms with van der Waals surface area (Å²) in [5.41, 5.74) is 2.09. The highest BCUT2D eigenvalue weighted by atomic mass is 35.5. The SMILES string of the molecule is CC(OC(=O)c1cc(-c2ccc(F)cc2)nc2ccccc12)C(=O)Nc1cc(Cl)c(Cl)cc1Cl. The van der Waals surface area contributed by atoms with Gasteiger partial charge in [0.2, 0.25) is 0 Å². The summed E-state index contributed by atoms with van der Waals surface area (Å²) in [4.78, 5) is 30.3. The van der Waals surface area contributed by atoms with E-state index in [1.807, 2.05) is 0 Å². The molecule has 1 aromatic heterocycles. The molecule has 0 aliphatic carbocycles. The average molecular weight is 518 g/mol. The highest BCUT2D eigenvalue weighted by molar-refractivity contribution is 6.44. The smallest absolute Gasteiger partial charge is 0.339 e. The number of ether oxygens (including phenoxy) is 1. The molecule has 0 bridgehead atoms. The number of halogens is 4. The molecule has 1 amide bonds. The first-order valence-corrected chi connectivity index (χ1v) is 11.2. The Hall–Kier alpha value is -3.19. The van der Waals surface area contributed by atoms with E-state index in [1.54, 1.807) is 42.5 Å². The van der Waals surface area contributed by atoms with Gasteiger partial charge in [-0.3, -0.25) is 4.79 Å². The maximum atomic E-state index is 13.4. The van der Waals surface area contributed by atoms with Crippen LogP contribution in [0.15, 0.2) is 66.7 Å². The zero-order valence-electron chi connectivity index (χ0n) is 17.6. The number of esters is 1. The number of benzene rings is 3. The van der Waals surface area contributed by atoms with Gasteiger partial charge in [-0.25, -0.2) is 14.2 Å². The minimum Gasteiger partial charge on any atom is -0.449 e. The lowest BCUT2D eigenvalue weighted by molar-refractivity contribution is -0.123. The molecule has 0 aliphatic rings. The van der Waals surface area contributed by atoms with Crippen LogP contribution in [-0.2, 0) is 9.53 Å². The van der Waals surface area contributed by atoms with Gasteiger partial charge in [-0.15, -0.1) is 0 Å². The van der Waals surface area contributed by atoms with Crippen LogP contribution in [0.1, 0.15) is 17.3 Å². The maximum absolute atomic E-state index is 13.4. The van der Waals surface area contributed by atoms with E-state index in [0.29, 0.717) is 22.2 Å². The number of anilines is 1. The molecule has 3 aromatic carbocycles. The minimum absolute atomic E-state index is 0.186. The number of nitrogens with zero attached hydrogens (tertiary/aromatic N) is 1. The Morgan fingerprint density at radius 3 is 2.35 bits per heavy atom. The van der Waals surface area contributed by atoms with Gasteiger partial charge in [-0.1, -0.05) is 53.0 Å². The number of para-hydroxylation sites is 1. The van der Waals surface area contributed by atoms with Crippen molar-refractivity contribution in [2.75, 3.05) is 5.32 Å².